The third-order valence-electron chi connectivity index (χ3n) is 6.79. The minimum absolute atomic E-state index is 0.0295. The molecule has 0 spiro atoms. The minimum atomic E-state index is -0.608. The molecule has 2 aliphatic rings. The number of carbonyl (C=O) groups excluding carboxylic acids is 3. The van der Waals surface area contributed by atoms with Gasteiger partial charge in [0.2, 0.25) is 17.8 Å². The summed E-state index contributed by atoms with van der Waals surface area (Å²) in [6, 6.07) is 5.95. The maximum Gasteiger partial charge on any atom is 0.325 e. The summed E-state index contributed by atoms with van der Waals surface area (Å²) in [4.78, 5) is 45.6. The highest BCUT2D eigenvalue weighted by molar-refractivity contribution is 6.01. The topological polar surface area (TPSA) is 101 Å². The summed E-state index contributed by atoms with van der Waals surface area (Å²) in [5, 5.41) is 2.86. The van der Waals surface area contributed by atoms with Crippen LogP contribution < -0.4 is 10.1 Å². The van der Waals surface area contributed by atoms with Gasteiger partial charge in [0.1, 0.15) is 12.3 Å². The quantitative estimate of drug-likeness (QED) is 0.392. The molecule has 0 aromatic heterocycles. The molecule has 1 aliphatic heterocycles. The Kier molecular flexibility index (Phi) is 9.94. The normalized spacial score (nSPS) is 15.9. The molecule has 0 atom stereocenters. The third kappa shape index (κ3) is 8.20. The van der Waals surface area contributed by atoms with Gasteiger partial charge in [-0.25, -0.2) is 4.99 Å². The van der Waals surface area contributed by atoms with Crippen LogP contribution in [0.5, 0.6) is 5.75 Å². The monoisotopic (exact) mass is 514 g/mol. The second-order valence-corrected chi connectivity index (χ2v) is 10.8. The average molecular weight is 515 g/mol. The van der Waals surface area contributed by atoms with Crippen molar-refractivity contribution in [2.24, 2.45) is 10.4 Å². The number of nitrogens with one attached hydrogen (secondary N) is 1. The van der Waals surface area contributed by atoms with Gasteiger partial charge in [-0.3, -0.25) is 19.7 Å². The average Bonchev–Trinajstić information content (AvgIpc) is 2.86. The van der Waals surface area contributed by atoms with Crippen molar-refractivity contribution in [1.82, 2.24) is 15.1 Å². The first-order valence-electron chi connectivity index (χ1n) is 13.4. The molecule has 37 heavy (non-hydrogen) atoms. The van der Waals surface area contributed by atoms with E-state index < -0.39 is 5.41 Å². The molecular formula is C28H42N4O5. The summed E-state index contributed by atoms with van der Waals surface area (Å²) in [6.07, 6.45) is 6.99. The van der Waals surface area contributed by atoms with Crippen LogP contribution in [0.25, 0.3) is 0 Å². The van der Waals surface area contributed by atoms with Crippen LogP contribution >= 0.6 is 0 Å². The fraction of sp³-hybridized carbons (Fsp3) is 0.643. The Morgan fingerprint density at radius 1 is 1.16 bits per heavy atom. The van der Waals surface area contributed by atoms with E-state index in [1.54, 1.807) is 11.8 Å². The summed E-state index contributed by atoms with van der Waals surface area (Å²) < 4.78 is 11.1. The molecule has 204 valence electrons. The molecule has 2 amide bonds. The van der Waals surface area contributed by atoms with E-state index in [4.69, 9.17) is 9.47 Å². The summed E-state index contributed by atoms with van der Waals surface area (Å²) in [7, 11) is 1.92. The lowest BCUT2D eigenvalue weighted by Gasteiger charge is -2.31. The zero-order valence-electron chi connectivity index (χ0n) is 23.0. The van der Waals surface area contributed by atoms with Crippen LogP contribution in [0.1, 0.15) is 78.2 Å². The maximum absolute atomic E-state index is 12.6. The summed E-state index contributed by atoms with van der Waals surface area (Å²) in [5.74, 6) is 0.607. The molecule has 1 saturated carbocycles. The number of aliphatic imine (C=N–C) groups is 1. The molecule has 9 nitrogen and oxygen atoms in total. The molecule has 0 unspecified atom stereocenters. The molecule has 1 aromatic carbocycles. The highest BCUT2D eigenvalue weighted by Gasteiger charge is 2.28. The van der Waals surface area contributed by atoms with Crippen LogP contribution in [-0.2, 0) is 25.7 Å². The van der Waals surface area contributed by atoms with Crippen LogP contribution in [0.15, 0.2) is 23.2 Å². The molecule has 9 heteroatoms. The molecule has 1 aromatic rings. The summed E-state index contributed by atoms with van der Waals surface area (Å²) in [6.45, 7) is 8.27. The van der Waals surface area contributed by atoms with Gasteiger partial charge < -0.3 is 19.3 Å². The Labute approximate surface area is 220 Å². The number of benzene rings is 1. The predicted octanol–water partition coefficient (Wildman–Crippen LogP) is 4.17. The summed E-state index contributed by atoms with van der Waals surface area (Å²) in [5.41, 5.74) is 0.979. The zero-order chi connectivity index (χ0) is 27.0. The van der Waals surface area contributed by atoms with Crippen molar-refractivity contribution in [1.29, 1.82) is 0 Å². The van der Waals surface area contributed by atoms with Gasteiger partial charge in [0.25, 0.3) is 0 Å². The first-order chi connectivity index (χ1) is 17.6. The number of carbonyl (C=O) groups is 3. The Morgan fingerprint density at radius 3 is 2.57 bits per heavy atom. The highest BCUT2D eigenvalue weighted by atomic mass is 16.5. The van der Waals surface area contributed by atoms with Crippen molar-refractivity contribution in [3.63, 3.8) is 0 Å². The van der Waals surface area contributed by atoms with E-state index >= 15 is 0 Å². The van der Waals surface area contributed by atoms with Gasteiger partial charge in [-0.15, -0.1) is 0 Å². The van der Waals surface area contributed by atoms with Crippen LogP contribution in [0.2, 0.25) is 0 Å². The fourth-order valence-electron chi connectivity index (χ4n) is 4.50. The van der Waals surface area contributed by atoms with E-state index in [9.17, 15) is 14.4 Å². The molecule has 0 bridgehead atoms. The molecule has 0 saturated heterocycles. The van der Waals surface area contributed by atoms with Crippen molar-refractivity contribution in [2.75, 3.05) is 26.8 Å². The van der Waals surface area contributed by atoms with Gasteiger partial charge in [-0.2, -0.15) is 0 Å². The van der Waals surface area contributed by atoms with Crippen molar-refractivity contribution < 1.29 is 23.9 Å². The van der Waals surface area contributed by atoms with Gasteiger partial charge in [-0.1, -0.05) is 40.0 Å². The number of amides is 2. The summed E-state index contributed by atoms with van der Waals surface area (Å²) >= 11 is 0. The smallest absolute Gasteiger partial charge is 0.325 e. The first kappa shape index (κ1) is 28.5. The number of guanidine groups is 1. The Bertz CT molecular complexity index is 995. The number of fused-ring (bicyclic) bond motifs is 1. The number of nitrogens with zero attached hydrogens (tertiary/aromatic N) is 3. The maximum atomic E-state index is 12.6. The van der Waals surface area contributed by atoms with Crippen molar-refractivity contribution in [3.05, 3.63) is 23.8 Å². The Balaban J connectivity index is 1.60. The Hall–Kier alpha value is -3.10. The molecular weight excluding hydrogens is 472 g/mol. The van der Waals surface area contributed by atoms with E-state index in [0.29, 0.717) is 49.4 Å². The molecule has 1 N–H and O–H groups in total. The SMILES string of the molecule is CCOC(=O)CN1Cc2cc(OCCCC(=O)N(C)C3CCCCC3)ccc2N=C1NC(=O)C(C)(C)C. The second-order valence-electron chi connectivity index (χ2n) is 10.8. The van der Waals surface area contributed by atoms with Crippen LogP contribution in [0.4, 0.5) is 5.69 Å². The van der Waals surface area contributed by atoms with E-state index in [-0.39, 0.29) is 30.9 Å². The number of hydrogen-bond donors (Lipinski definition) is 1. The number of hydrogen-bond acceptors (Lipinski definition) is 7. The number of rotatable bonds is 9. The lowest BCUT2D eigenvalue weighted by molar-refractivity contribution is -0.143. The predicted molar refractivity (Wildman–Crippen MR) is 143 cm³/mol. The lowest BCUT2D eigenvalue weighted by Crippen LogP contribution is -2.50. The van der Waals surface area contributed by atoms with Crippen LogP contribution in [-0.4, -0.2) is 66.4 Å². The van der Waals surface area contributed by atoms with Crippen molar-refractivity contribution >= 4 is 29.4 Å². The van der Waals surface area contributed by atoms with E-state index in [2.05, 4.69) is 10.3 Å². The molecule has 1 aliphatic carbocycles. The van der Waals surface area contributed by atoms with E-state index in [0.717, 1.165) is 18.4 Å². The van der Waals surface area contributed by atoms with Gasteiger partial charge in [0, 0.05) is 37.0 Å². The van der Waals surface area contributed by atoms with Gasteiger partial charge in [-0.05, 0) is 44.4 Å². The van der Waals surface area contributed by atoms with Crippen LogP contribution in [0, 0.1) is 5.41 Å². The van der Waals surface area contributed by atoms with Gasteiger partial charge in [0.15, 0.2) is 0 Å². The van der Waals surface area contributed by atoms with Crippen molar-refractivity contribution in [2.45, 2.75) is 85.2 Å². The first-order valence-corrected chi connectivity index (χ1v) is 13.4. The minimum Gasteiger partial charge on any atom is -0.494 e. The van der Waals surface area contributed by atoms with Crippen molar-refractivity contribution in [3.8, 4) is 5.75 Å². The number of ether oxygens (including phenoxy) is 2. The fourth-order valence-corrected chi connectivity index (χ4v) is 4.50. The largest absolute Gasteiger partial charge is 0.494 e. The lowest BCUT2D eigenvalue weighted by atomic mass is 9.94. The zero-order valence-corrected chi connectivity index (χ0v) is 23.0. The van der Waals surface area contributed by atoms with Gasteiger partial charge in [0.05, 0.1) is 18.9 Å². The standard InChI is InChI=1S/C28H42N4O5/c1-6-36-25(34)19-32-18-20-17-22(14-15-23(20)29-27(32)30-26(35)28(2,3)4)37-16-10-13-24(33)31(5)21-11-8-7-9-12-21/h14-15,17,21H,6-13,16,18-19H2,1-5H3,(H,29,30,35). The third-order valence-corrected chi connectivity index (χ3v) is 6.79. The number of esters is 1. The van der Waals surface area contributed by atoms with Gasteiger partial charge >= 0.3 is 5.97 Å². The Morgan fingerprint density at radius 2 is 1.89 bits per heavy atom. The van der Waals surface area contributed by atoms with Crippen LogP contribution in [0.3, 0.4) is 0 Å². The molecule has 1 fully saturated rings. The van der Waals surface area contributed by atoms with E-state index in [1.165, 1.54) is 19.3 Å². The second kappa shape index (κ2) is 12.9. The highest BCUT2D eigenvalue weighted by Crippen LogP contribution is 2.30. The van der Waals surface area contributed by atoms with E-state index in [1.807, 2.05) is 50.9 Å². The molecule has 1 heterocycles. The molecule has 0 radical (unpaired) electrons. The molecule has 3 rings (SSSR count).